The molecule has 17 nitrogen and oxygen atoms in total. The van der Waals surface area contributed by atoms with E-state index in [-0.39, 0.29) is 85.1 Å². The van der Waals surface area contributed by atoms with Crippen LogP contribution >= 0.6 is 32.9 Å². The van der Waals surface area contributed by atoms with Crippen molar-refractivity contribution in [3.63, 3.8) is 0 Å². The molecule has 0 aliphatic carbocycles. The number of carbonyl (C=O) groups excluding carboxylic acids is 4. The van der Waals surface area contributed by atoms with Crippen LogP contribution in [-0.2, 0) is 41.6 Å². The molecule has 0 radical (unpaired) electrons. The SMILES string of the molecule is CCCC(=O)OCN(C(=O)[C@@H](NC(C)CCCCNC)C(C)CC)[C@H](CCc1nc(C(=O)N[C@@H](Cc2ccc(O)cc2)C[C@H](C)C(=O)NNOCCSSC[C@H](N)C(=O)O)cs1)C(C)C. The number of aromatic nitrogens is 1. The first-order chi connectivity index (χ1) is 31.0. The van der Waals surface area contributed by atoms with Crippen LogP contribution in [0.4, 0.5) is 0 Å². The average molecular weight is 969 g/mol. The van der Waals surface area contributed by atoms with Crippen LogP contribution in [0.2, 0.25) is 0 Å². The minimum Gasteiger partial charge on any atom is -0.508 e. The average Bonchev–Trinajstić information content (AvgIpc) is 3.75. The number of hydrazine groups is 1. The molecule has 0 fully saturated rings. The number of rotatable bonds is 35. The molecule has 20 heteroatoms. The number of unbranched alkanes of at least 4 members (excludes halogenated alkanes) is 1. The molecule has 1 aromatic carbocycles. The van der Waals surface area contributed by atoms with E-state index in [1.54, 1.807) is 41.5 Å². The zero-order valence-corrected chi connectivity index (χ0v) is 42.0. The summed E-state index contributed by atoms with van der Waals surface area (Å²) >= 11 is 1.36. The third-order valence-electron chi connectivity index (χ3n) is 11.0. The van der Waals surface area contributed by atoms with Gasteiger partial charge in [0.1, 0.15) is 17.5 Å². The molecule has 1 heterocycles. The van der Waals surface area contributed by atoms with Crippen molar-refractivity contribution in [2.75, 3.05) is 38.4 Å². The highest BCUT2D eigenvalue weighted by Gasteiger charge is 2.35. The molecular formula is C45H76N8O9S3. The Morgan fingerprint density at radius 3 is 2.37 bits per heavy atom. The van der Waals surface area contributed by atoms with Gasteiger partial charge in [-0.3, -0.25) is 34.2 Å². The van der Waals surface area contributed by atoms with Gasteiger partial charge in [-0.2, -0.15) is 0 Å². The topological polar surface area (TPSA) is 247 Å². The van der Waals surface area contributed by atoms with E-state index < -0.39 is 35.9 Å². The van der Waals surface area contributed by atoms with Gasteiger partial charge in [0.15, 0.2) is 6.73 Å². The molecule has 0 aliphatic rings. The normalized spacial score (nSPS) is 14.7. The molecule has 7 atom stereocenters. The minimum atomic E-state index is -1.06. The van der Waals surface area contributed by atoms with Crippen LogP contribution in [0.1, 0.15) is 121 Å². The predicted molar refractivity (Wildman–Crippen MR) is 260 cm³/mol. The first kappa shape index (κ1) is 57.6. The van der Waals surface area contributed by atoms with Crippen molar-refractivity contribution in [1.29, 1.82) is 0 Å². The Labute approximate surface area is 398 Å². The Bertz CT molecular complexity index is 1710. The largest absolute Gasteiger partial charge is 0.508 e. The quantitative estimate of drug-likeness (QED) is 0.0141. The molecule has 0 saturated heterocycles. The molecular weight excluding hydrogens is 893 g/mol. The van der Waals surface area contributed by atoms with Crippen LogP contribution in [0, 0.1) is 17.8 Å². The number of hydrogen-bond donors (Lipinski definition) is 8. The maximum Gasteiger partial charge on any atom is 0.321 e. The van der Waals surface area contributed by atoms with Crippen molar-refractivity contribution in [3.05, 3.63) is 45.9 Å². The second kappa shape index (κ2) is 32.2. The van der Waals surface area contributed by atoms with Crippen LogP contribution < -0.4 is 32.7 Å². The Morgan fingerprint density at radius 2 is 1.72 bits per heavy atom. The molecule has 65 heavy (non-hydrogen) atoms. The highest BCUT2D eigenvalue weighted by atomic mass is 33.1. The number of phenolic OH excluding ortho intramolecular Hbond substituents is 1. The third kappa shape index (κ3) is 22.7. The Morgan fingerprint density at radius 1 is 1.00 bits per heavy atom. The Kier molecular flexibility index (Phi) is 28.6. The second-order valence-electron chi connectivity index (χ2n) is 16.9. The predicted octanol–water partition coefficient (Wildman–Crippen LogP) is 5.43. The lowest BCUT2D eigenvalue weighted by atomic mass is 9.93. The van der Waals surface area contributed by atoms with Crippen LogP contribution in [-0.4, -0.2) is 118 Å². The molecule has 2 aromatic rings. The third-order valence-corrected chi connectivity index (χ3v) is 14.3. The number of phenols is 1. The number of ether oxygens (including phenoxy) is 1. The Hall–Kier alpha value is -3.50. The summed E-state index contributed by atoms with van der Waals surface area (Å²) in [6.45, 7) is 15.0. The summed E-state index contributed by atoms with van der Waals surface area (Å²) < 4.78 is 5.72. The molecule has 1 aromatic heterocycles. The number of aromatic hydroxyl groups is 1. The second-order valence-corrected chi connectivity index (χ2v) is 20.4. The number of carboxylic acids is 1. The summed E-state index contributed by atoms with van der Waals surface area (Å²) in [5, 5.41) is 31.1. The number of aliphatic carboxylic acids is 1. The molecule has 9 N–H and O–H groups in total. The fraction of sp³-hybridized carbons (Fsp3) is 0.689. The number of carbonyl (C=O) groups is 5. The van der Waals surface area contributed by atoms with Crippen molar-refractivity contribution in [2.24, 2.45) is 23.5 Å². The Balaban J connectivity index is 2.17. The molecule has 3 amide bonds. The van der Waals surface area contributed by atoms with Gasteiger partial charge in [0, 0.05) is 53.8 Å². The number of nitrogens with two attached hydrogens (primary N) is 1. The standard InChI is InChI=1S/C45H76N8O9S3/c1-9-13-40(55)61-28-53(44(58)41(30(5)10-2)48-32(7)14-11-12-21-47-8)38(29(3)4)19-20-39-50-37(27-63-39)43(57)49-34(25-33-15-17-35(54)18-16-33)24-31(6)42(56)51-52-62-22-23-64-65-26-36(46)45(59)60/h15-18,27,29-32,34,36,38,41,47-48,52,54H,9-14,19-26,28,46H2,1-8H3,(H,49,57)(H,51,56)(H,59,60)/t30?,31-,32?,34+,36-,38+,41-/m0/s1. The fourth-order valence-corrected chi connectivity index (χ4v) is 9.65. The lowest BCUT2D eigenvalue weighted by Gasteiger charge is -2.38. The summed E-state index contributed by atoms with van der Waals surface area (Å²) in [5.41, 5.74) is 11.6. The lowest BCUT2D eigenvalue weighted by molar-refractivity contribution is -0.158. The van der Waals surface area contributed by atoms with Gasteiger partial charge in [0.2, 0.25) is 11.8 Å². The van der Waals surface area contributed by atoms with Gasteiger partial charge in [-0.25, -0.2) is 4.98 Å². The molecule has 0 spiro atoms. The monoisotopic (exact) mass is 968 g/mol. The van der Waals surface area contributed by atoms with E-state index >= 15 is 0 Å². The number of thiazole rings is 1. The zero-order chi connectivity index (χ0) is 48.3. The van der Waals surface area contributed by atoms with Gasteiger partial charge in [0.05, 0.1) is 17.7 Å². The van der Waals surface area contributed by atoms with Crippen molar-refractivity contribution >= 4 is 62.6 Å². The smallest absolute Gasteiger partial charge is 0.321 e. The fourth-order valence-electron chi connectivity index (χ4n) is 6.92. The van der Waals surface area contributed by atoms with E-state index in [0.717, 1.165) is 42.8 Å². The highest BCUT2D eigenvalue weighted by molar-refractivity contribution is 8.76. The van der Waals surface area contributed by atoms with E-state index in [4.69, 9.17) is 25.4 Å². The number of carboxylic acid groups (broad SMARTS) is 1. The number of benzene rings is 1. The first-order valence-electron chi connectivity index (χ1n) is 22.8. The molecule has 0 saturated carbocycles. The molecule has 0 aliphatic heterocycles. The molecule has 2 rings (SSSR count). The van der Waals surface area contributed by atoms with E-state index in [9.17, 15) is 29.1 Å². The van der Waals surface area contributed by atoms with Crippen LogP contribution in [0.3, 0.4) is 0 Å². The minimum absolute atomic E-state index is 0.0182. The summed E-state index contributed by atoms with van der Waals surface area (Å²) in [5.74, 6) is -1.86. The van der Waals surface area contributed by atoms with E-state index in [2.05, 4.69) is 61.6 Å². The van der Waals surface area contributed by atoms with E-state index in [1.165, 1.54) is 32.9 Å². The molecule has 2 unspecified atom stereocenters. The van der Waals surface area contributed by atoms with Gasteiger partial charge >= 0.3 is 11.9 Å². The van der Waals surface area contributed by atoms with Crippen molar-refractivity contribution in [2.45, 2.75) is 143 Å². The molecule has 368 valence electrons. The van der Waals surface area contributed by atoms with Gasteiger partial charge in [0.25, 0.3) is 5.91 Å². The zero-order valence-electron chi connectivity index (χ0n) is 39.6. The number of nitrogens with zero attached hydrogens (tertiary/aromatic N) is 2. The van der Waals surface area contributed by atoms with Crippen molar-refractivity contribution in [3.8, 4) is 5.75 Å². The first-order valence-corrected chi connectivity index (χ1v) is 26.2. The number of nitrogens with one attached hydrogen (secondary N) is 5. The van der Waals surface area contributed by atoms with Crippen molar-refractivity contribution < 1.29 is 43.8 Å². The van der Waals surface area contributed by atoms with Gasteiger partial charge < -0.3 is 41.5 Å². The van der Waals surface area contributed by atoms with E-state index in [1.807, 2.05) is 14.0 Å². The van der Waals surface area contributed by atoms with Crippen LogP contribution in [0.25, 0.3) is 0 Å². The van der Waals surface area contributed by atoms with Crippen LogP contribution in [0.5, 0.6) is 5.75 Å². The molecule has 0 bridgehead atoms. The lowest BCUT2D eigenvalue weighted by Crippen LogP contribution is -2.56. The maximum atomic E-state index is 14.6. The van der Waals surface area contributed by atoms with Crippen molar-refractivity contribution in [1.82, 2.24) is 36.8 Å². The number of amides is 3. The van der Waals surface area contributed by atoms with Gasteiger partial charge in [-0.1, -0.05) is 88.1 Å². The van der Waals surface area contributed by atoms with E-state index in [0.29, 0.717) is 31.4 Å². The highest BCUT2D eigenvalue weighted by Crippen LogP contribution is 2.25. The maximum absolute atomic E-state index is 14.6. The summed E-state index contributed by atoms with van der Waals surface area (Å²) in [4.78, 5) is 76.6. The summed E-state index contributed by atoms with van der Waals surface area (Å²) in [7, 11) is 4.66. The summed E-state index contributed by atoms with van der Waals surface area (Å²) in [6, 6.07) is 4.60. The number of esters is 1. The number of aryl methyl sites for hydroxylation is 1. The number of hydrogen-bond acceptors (Lipinski definition) is 16. The van der Waals surface area contributed by atoms with Gasteiger partial charge in [-0.05, 0) is 88.6 Å². The summed E-state index contributed by atoms with van der Waals surface area (Å²) in [6.07, 6.45) is 6.37. The van der Waals surface area contributed by atoms with Crippen LogP contribution in [0.15, 0.2) is 29.6 Å². The van der Waals surface area contributed by atoms with Gasteiger partial charge in [-0.15, -0.1) is 16.9 Å².